The fourth-order valence-corrected chi connectivity index (χ4v) is 3.90. The second kappa shape index (κ2) is 6.20. The molecule has 0 heterocycles. The molecule has 0 atom stereocenters. The lowest BCUT2D eigenvalue weighted by Crippen LogP contribution is -2.31. The minimum absolute atomic E-state index is 0.0515. The first-order chi connectivity index (χ1) is 9.83. The van der Waals surface area contributed by atoms with Crippen molar-refractivity contribution in [1.82, 2.24) is 10.0 Å². The normalized spacial score (nSPS) is 17.0. The highest BCUT2D eigenvalue weighted by Gasteiger charge is 2.41. The molecule has 1 aliphatic carbocycles. The first-order valence-corrected chi connectivity index (χ1v) is 8.82. The van der Waals surface area contributed by atoms with E-state index in [1.165, 1.54) is 6.07 Å². The maximum atomic E-state index is 14.3. The van der Waals surface area contributed by atoms with E-state index in [0.717, 1.165) is 25.3 Å². The number of sulfonamides is 1. The summed E-state index contributed by atoms with van der Waals surface area (Å²) in [6.07, 6.45) is 2.93. The summed E-state index contributed by atoms with van der Waals surface area (Å²) in [5.41, 5.74) is 0.289. The molecule has 2 N–H and O–H groups in total. The van der Waals surface area contributed by atoms with Crippen LogP contribution in [0.25, 0.3) is 0 Å². The van der Waals surface area contributed by atoms with Crippen molar-refractivity contribution < 1.29 is 12.8 Å². The third kappa shape index (κ3) is 3.74. The molecule has 0 spiro atoms. The van der Waals surface area contributed by atoms with Gasteiger partial charge in [-0.2, -0.15) is 0 Å². The third-order valence-electron chi connectivity index (χ3n) is 4.08. The van der Waals surface area contributed by atoms with Crippen LogP contribution in [-0.2, 0) is 16.6 Å². The van der Waals surface area contributed by atoms with Gasteiger partial charge < -0.3 is 5.32 Å². The maximum absolute atomic E-state index is 14.3. The van der Waals surface area contributed by atoms with Crippen molar-refractivity contribution in [3.63, 3.8) is 0 Å². The van der Waals surface area contributed by atoms with Gasteiger partial charge in [0, 0.05) is 23.7 Å². The average Bonchev–Trinajstić information content (AvgIpc) is 3.21. The molecule has 1 aromatic rings. The molecule has 0 radical (unpaired) electrons. The Morgan fingerprint density at radius 2 is 2.05 bits per heavy atom. The molecule has 1 saturated carbocycles. The average molecular weight is 335 g/mol. The van der Waals surface area contributed by atoms with Crippen LogP contribution < -0.4 is 10.0 Å². The van der Waals surface area contributed by atoms with Gasteiger partial charge >= 0.3 is 0 Å². The summed E-state index contributed by atoms with van der Waals surface area (Å²) in [6, 6.07) is 2.59. The zero-order valence-electron chi connectivity index (χ0n) is 12.2. The van der Waals surface area contributed by atoms with E-state index >= 15 is 0 Å². The molecule has 1 fully saturated rings. The highest BCUT2D eigenvalue weighted by atomic mass is 35.5. The van der Waals surface area contributed by atoms with E-state index in [4.69, 9.17) is 11.6 Å². The van der Waals surface area contributed by atoms with Crippen LogP contribution in [0, 0.1) is 11.2 Å². The number of halogens is 2. The van der Waals surface area contributed by atoms with Crippen molar-refractivity contribution in [1.29, 1.82) is 0 Å². The number of benzene rings is 1. The Morgan fingerprint density at radius 3 is 2.57 bits per heavy atom. The fourth-order valence-electron chi connectivity index (χ4n) is 2.29. The van der Waals surface area contributed by atoms with Crippen LogP contribution in [0.2, 0.25) is 5.02 Å². The van der Waals surface area contributed by atoms with Gasteiger partial charge in [0.05, 0.1) is 0 Å². The minimum atomic E-state index is -3.89. The first kappa shape index (κ1) is 16.7. The number of rotatable bonds is 7. The summed E-state index contributed by atoms with van der Waals surface area (Å²) in [5, 5.41) is 3.00. The van der Waals surface area contributed by atoms with Gasteiger partial charge in [0.1, 0.15) is 10.7 Å². The Hall–Kier alpha value is -0.690. The van der Waals surface area contributed by atoms with Gasteiger partial charge in [-0.25, -0.2) is 17.5 Å². The van der Waals surface area contributed by atoms with Crippen LogP contribution in [0.4, 0.5) is 4.39 Å². The van der Waals surface area contributed by atoms with Crippen molar-refractivity contribution in [2.75, 3.05) is 13.6 Å². The second-order valence-corrected chi connectivity index (χ2v) is 7.76. The van der Waals surface area contributed by atoms with Crippen molar-refractivity contribution in [3.05, 3.63) is 28.5 Å². The van der Waals surface area contributed by atoms with Gasteiger partial charge in [0.15, 0.2) is 0 Å². The molecular formula is C14H20ClFN2O2S. The Bertz CT molecular complexity index is 630. The van der Waals surface area contributed by atoms with Crippen molar-refractivity contribution in [3.8, 4) is 0 Å². The van der Waals surface area contributed by atoms with E-state index in [1.807, 2.05) is 6.92 Å². The van der Waals surface area contributed by atoms with E-state index in [1.54, 1.807) is 7.05 Å². The summed E-state index contributed by atoms with van der Waals surface area (Å²) in [6.45, 7) is 2.60. The van der Waals surface area contributed by atoms with Crippen LogP contribution in [0.3, 0.4) is 0 Å². The zero-order valence-corrected chi connectivity index (χ0v) is 13.7. The lowest BCUT2D eigenvalue weighted by molar-refractivity contribution is 0.473. The van der Waals surface area contributed by atoms with Gasteiger partial charge in [-0.15, -0.1) is 0 Å². The molecule has 4 nitrogen and oxygen atoms in total. The lowest BCUT2D eigenvalue weighted by Gasteiger charge is -2.15. The van der Waals surface area contributed by atoms with Gasteiger partial charge in [0.25, 0.3) is 0 Å². The number of hydrogen-bond acceptors (Lipinski definition) is 3. The number of hydrogen-bond donors (Lipinski definition) is 2. The lowest BCUT2D eigenvalue weighted by atomic mass is 10.1. The molecule has 2 rings (SSSR count). The predicted molar refractivity (Wildman–Crippen MR) is 81.3 cm³/mol. The van der Waals surface area contributed by atoms with Crippen LogP contribution in [0.15, 0.2) is 17.0 Å². The van der Waals surface area contributed by atoms with E-state index in [9.17, 15) is 12.8 Å². The summed E-state index contributed by atoms with van der Waals surface area (Å²) in [4.78, 5) is -0.382. The molecule has 0 amide bonds. The maximum Gasteiger partial charge on any atom is 0.243 e. The molecule has 7 heteroatoms. The summed E-state index contributed by atoms with van der Waals surface area (Å²) >= 11 is 5.91. The van der Waals surface area contributed by atoms with E-state index in [0.29, 0.717) is 6.54 Å². The fraction of sp³-hybridized carbons (Fsp3) is 0.571. The Balaban J connectivity index is 2.27. The second-order valence-electron chi connectivity index (χ2n) is 5.59. The molecule has 0 aromatic heterocycles. The number of nitrogens with one attached hydrogen (secondary N) is 2. The highest BCUT2D eigenvalue weighted by Crippen LogP contribution is 2.48. The van der Waals surface area contributed by atoms with Crippen LogP contribution in [-0.4, -0.2) is 22.0 Å². The van der Waals surface area contributed by atoms with Crippen LogP contribution >= 0.6 is 11.6 Å². The predicted octanol–water partition coefficient (Wildman–Crippen LogP) is 2.67. The Kier molecular flexibility index (Phi) is 4.92. The minimum Gasteiger partial charge on any atom is -0.316 e. The Labute approximate surface area is 130 Å². The van der Waals surface area contributed by atoms with Gasteiger partial charge in [0.2, 0.25) is 10.0 Å². The third-order valence-corrected chi connectivity index (χ3v) is 5.70. The topological polar surface area (TPSA) is 58.2 Å². The van der Waals surface area contributed by atoms with Crippen molar-refractivity contribution >= 4 is 21.6 Å². The van der Waals surface area contributed by atoms with Gasteiger partial charge in [-0.1, -0.05) is 18.5 Å². The quantitative estimate of drug-likeness (QED) is 0.806. The molecule has 21 heavy (non-hydrogen) atoms. The van der Waals surface area contributed by atoms with Gasteiger partial charge in [-0.05, 0) is 43.9 Å². The van der Waals surface area contributed by atoms with Gasteiger partial charge in [-0.3, -0.25) is 0 Å². The van der Waals surface area contributed by atoms with E-state index < -0.39 is 15.8 Å². The van der Waals surface area contributed by atoms with E-state index in [-0.39, 0.29) is 27.4 Å². The van der Waals surface area contributed by atoms with Crippen molar-refractivity contribution in [2.24, 2.45) is 5.41 Å². The molecule has 0 unspecified atom stereocenters. The largest absolute Gasteiger partial charge is 0.316 e. The standard InChI is InChI=1S/C14H20ClFN2O2S/c1-3-14(4-5-14)9-18-21(19,20)12-7-11(15)6-10(8-17-2)13(12)16/h6-7,17-18H,3-5,8-9H2,1-2H3. The molecule has 0 saturated heterocycles. The van der Waals surface area contributed by atoms with Crippen molar-refractivity contribution in [2.45, 2.75) is 37.6 Å². The SMILES string of the molecule is CCC1(CNS(=O)(=O)c2cc(Cl)cc(CNC)c2F)CC1. The molecule has 1 aromatic carbocycles. The molecule has 1 aliphatic rings. The first-order valence-electron chi connectivity index (χ1n) is 6.96. The monoisotopic (exact) mass is 334 g/mol. The summed E-state index contributed by atoms with van der Waals surface area (Å²) in [7, 11) is -2.24. The highest BCUT2D eigenvalue weighted by molar-refractivity contribution is 7.89. The van der Waals surface area contributed by atoms with E-state index in [2.05, 4.69) is 10.0 Å². The zero-order chi connectivity index (χ0) is 15.7. The molecule has 118 valence electrons. The summed E-state index contributed by atoms with van der Waals surface area (Å²) in [5.74, 6) is -0.748. The molecular weight excluding hydrogens is 315 g/mol. The molecule has 0 bridgehead atoms. The summed E-state index contributed by atoms with van der Waals surface area (Å²) < 4.78 is 41.5. The van der Waals surface area contributed by atoms with Crippen LogP contribution in [0.1, 0.15) is 31.7 Å². The molecule has 0 aliphatic heterocycles. The smallest absolute Gasteiger partial charge is 0.243 e. The Morgan fingerprint density at radius 1 is 1.38 bits per heavy atom. The van der Waals surface area contributed by atoms with Crippen LogP contribution in [0.5, 0.6) is 0 Å².